The summed E-state index contributed by atoms with van der Waals surface area (Å²) in [5.41, 5.74) is 1.49. The fourth-order valence-corrected chi connectivity index (χ4v) is 7.09. The molecule has 2 aromatic rings. The second-order valence-electron chi connectivity index (χ2n) is 11.2. The van der Waals surface area contributed by atoms with E-state index in [1.165, 1.54) is 24.2 Å². The highest BCUT2D eigenvalue weighted by Gasteiger charge is 2.30. The van der Waals surface area contributed by atoms with E-state index < -0.39 is 5.92 Å². The van der Waals surface area contributed by atoms with Crippen LogP contribution in [0.5, 0.6) is 0 Å². The summed E-state index contributed by atoms with van der Waals surface area (Å²) in [5, 5.41) is 4.74. The lowest BCUT2D eigenvalue weighted by molar-refractivity contribution is -0.130. The molecule has 0 radical (unpaired) electrons. The molecule has 0 unspecified atom stereocenters. The third-order valence-electron chi connectivity index (χ3n) is 8.04. The molecule has 2 atom stereocenters. The van der Waals surface area contributed by atoms with Crippen LogP contribution in [0, 0.1) is 11.8 Å². The topological polar surface area (TPSA) is 88.6 Å². The second kappa shape index (κ2) is 15.2. The Morgan fingerprint density at radius 1 is 1.20 bits per heavy atom. The lowest BCUT2D eigenvalue weighted by atomic mass is 9.86. The van der Waals surface area contributed by atoms with Crippen LogP contribution >= 0.6 is 22.9 Å². The molecule has 2 fully saturated rings. The molecule has 0 aliphatic carbocycles. The van der Waals surface area contributed by atoms with Crippen molar-refractivity contribution < 1.29 is 19.1 Å². The molecule has 40 heavy (non-hydrogen) atoms. The van der Waals surface area contributed by atoms with E-state index >= 15 is 0 Å². The molecule has 7 nitrogen and oxygen atoms in total. The Labute approximate surface area is 246 Å². The summed E-state index contributed by atoms with van der Waals surface area (Å²) in [6.45, 7) is 10.0. The SMILES string of the molecule is C=C(CN1CCCC1)C(=O)CC[C@@H](NC(=O)[C@@H](CC(=O)CCC)Cc1nc2ccc(Cl)cc2s1)C1CCOCC1. The van der Waals surface area contributed by atoms with Crippen LogP contribution in [-0.4, -0.2) is 66.2 Å². The minimum Gasteiger partial charge on any atom is -0.381 e. The smallest absolute Gasteiger partial charge is 0.224 e. The molecular weight excluding hydrogens is 546 g/mol. The first-order valence-electron chi connectivity index (χ1n) is 14.7. The van der Waals surface area contributed by atoms with E-state index in [1.54, 1.807) is 0 Å². The van der Waals surface area contributed by atoms with Crippen molar-refractivity contribution in [3.63, 3.8) is 0 Å². The Morgan fingerprint density at radius 3 is 2.67 bits per heavy atom. The van der Waals surface area contributed by atoms with E-state index in [9.17, 15) is 14.4 Å². The van der Waals surface area contributed by atoms with E-state index in [4.69, 9.17) is 21.3 Å². The van der Waals surface area contributed by atoms with Gasteiger partial charge in [0.05, 0.1) is 21.1 Å². The van der Waals surface area contributed by atoms with Gasteiger partial charge in [0, 0.05) is 62.1 Å². The van der Waals surface area contributed by atoms with E-state index in [-0.39, 0.29) is 35.9 Å². The Balaban J connectivity index is 1.44. The van der Waals surface area contributed by atoms with Gasteiger partial charge in [-0.05, 0) is 75.7 Å². The zero-order valence-corrected chi connectivity index (χ0v) is 25.2. The number of ether oxygens (including phenoxy) is 1. The van der Waals surface area contributed by atoms with Crippen LogP contribution in [0.1, 0.15) is 69.7 Å². The lowest BCUT2D eigenvalue weighted by Crippen LogP contribution is -2.46. The highest BCUT2D eigenvalue weighted by Crippen LogP contribution is 2.29. The number of thiazole rings is 1. The number of benzene rings is 1. The maximum atomic E-state index is 13.8. The van der Waals surface area contributed by atoms with Gasteiger partial charge in [0.25, 0.3) is 0 Å². The number of likely N-dealkylation sites (tertiary alicyclic amines) is 1. The van der Waals surface area contributed by atoms with Gasteiger partial charge >= 0.3 is 0 Å². The predicted molar refractivity (Wildman–Crippen MR) is 161 cm³/mol. The van der Waals surface area contributed by atoms with Crippen molar-refractivity contribution in [1.82, 2.24) is 15.2 Å². The van der Waals surface area contributed by atoms with Crippen molar-refractivity contribution in [3.8, 4) is 0 Å². The van der Waals surface area contributed by atoms with Crippen molar-refractivity contribution >= 4 is 50.6 Å². The van der Waals surface area contributed by atoms with Gasteiger partial charge in [-0.2, -0.15) is 0 Å². The first kappa shape index (κ1) is 30.8. The monoisotopic (exact) mass is 587 g/mol. The largest absolute Gasteiger partial charge is 0.381 e. The highest BCUT2D eigenvalue weighted by atomic mass is 35.5. The average molecular weight is 588 g/mol. The third kappa shape index (κ3) is 8.93. The van der Waals surface area contributed by atoms with Crippen molar-refractivity contribution in [1.29, 1.82) is 0 Å². The number of nitrogens with one attached hydrogen (secondary N) is 1. The molecule has 0 spiro atoms. The zero-order valence-electron chi connectivity index (χ0n) is 23.6. The number of carbonyl (C=O) groups excluding carboxylic acids is 3. The molecule has 1 N–H and O–H groups in total. The maximum Gasteiger partial charge on any atom is 0.224 e. The summed E-state index contributed by atoms with van der Waals surface area (Å²) in [5.74, 6) is -0.266. The maximum absolute atomic E-state index is 13.8. The van der Waals surface area contributed by atoms with Crippen molar-refractivity contribution in [2.45, 2.75) is 77.2 Å². The van der Waals surface area contributed by atoms with Crippen LogP contribution in [0.15, 0.2) is 30.4 Å². The molecule has 218 valence electrons. The second-order valence-corrected chi connectivity index (χ2v) is 12.8. The van der Waals surface area contributed by atoms with Crippen LogP contribution in [-0.2, 0) is 25.5 Å². The molecule has 1 amide bonds. The molecule has 3 heterocycles. The van der Waals surface area contributed by atoms with E-state index in [0.717, 1.165) is 47.6 Å². The fourth-order valence-electron chi connectivity index (χ4n) is 5.76. The Morgan fingerprint density at radius 2 is 1.95 bits per heavy atom. The number of ketones is 2. The number of Topliss-reactive ketones (excluding diaryl/α,β-unsaturated/α-hetero) is 2. The van der Waals surface area contributed by atoms with Gasteiger partial charge in [-0.15, -0.1) is 11.3 Å². The summed E-state index contributed by atoms with van der Waals surface area (Å²) < 4.78 is 6.54. The van der Waals surface area contributed by atoms with Gasteiger partial charge in [0.15, 0.2) is 5.78 Å². The van der Waals surface area contributed by atoms with Crippen LogP contribution in [0.25, 0.3) is 10.2 Å². The Kier molecular flexibility index (Phi) is 11.7. The van der Waals surface area contributed by atoms with Gasteiger partial charge < -0.3 is 10.1 Å². The first-order valence-corrected chi connectivity index (χ1v) is 15.9. The predicted octanol–water partition coefficient (Wildman–Crippen LogP) is 5.78. The van der Waals surface area contributed by atoms with Gasteiger partial charge in [-0.25, -0.2) is 4.98 Å². The Hall–Kier alpha value is -2.13. The fraction of sp³-hybridized carbons (Fsp3) is 0.613. The molecule has 9 heteroatoms. The summed E-state index contributed by atoms with van der Waals surface area (Å²) >= 11 is 7.67. The summed E-state index contributed by atoms with van der Waals surface area (Å²) in [4.78, 5) is 46.4. The molecule has 1 aromatic heterocycles. The number of hydrogen-bond donors (Lipinski definition) is 1. The standard InChI is InChI=1S/C31H42ClN3O4S/c1-3-6-25(36)17-23(18-30-33-27-8-7-24(32)19-29(27)40-30)31(38)34-26(22-11-15-39-16-12-22)9-10-28(37)21(2)20-35-13-4-5-14-35/h7-8,19,22-23,26H,2-6,9-18,20H2,1H3,(H,34,38)/t23-,26+/m0/s1. The van der Waals surface area contributed by atoms with Crippen LogP contribution in [0.2, 0.25) is 5.02 Å². The minimum absolute atomic E-state index is 0.0704. The number of nitrogens with zero attached hydrogens (tertiary/aromatic N) is 2. The lowest BCUT2D eigenvalue weighted by Gasteiger charge is -2.32. The molecule has 2 aliphatic rings. The minimum atomic E-state index is -0.516. The van der Waals surface area contributed by atoms with E-state index in [1.807, 2.05) is 25.1 Å². The first-order chi connectivity index (χ1) is 19.3. The number of halogens is 1. The van der Waals surface area contributed by atoms with Crippen LogP contribution < -0.4 is 5.32 Å². The molecule has 2 saturated heterocycles. The van der Waals surface area contributed by atoms with Gasteiger partial charge in [-0.1, -0.05) is 25.1 Å². The quantitative estimate of drug-likeness (QED) is 0.266. The number of hydrogen-bond acceptors (Lipinski definition) is 7. The van der Waals surface area contributed by atoms with Crippen molar-refractivity contribution in [2.24, 2.45) is 11.8 Å². The number of fused-ring (bicyclic) bond motifs is 1. The van der Waals surface area contributed by atoms with E-state index in [2.05, 4.69) is 16.8 Å². The van der Waals surface area contributed by atoms with Gasteiger partial charge in [0.1, 0.15) is 5.78 Å². The van der Waals surface area contributed by atoms with Gasteiger partial charge in [0.2, 0.25) is 5.91 Å². The number of amides is 1. The van der Waals surface area contributed by atoms with Gasteiger partial charge in [-0.3, -0.25) is 19.3 Å². The molecule has 4 rings (SSSR count). The summed E-state index contributed by atoms with van der Waals surface area (Å²) in [6, 6.07) is 5.41. The number of rotatable bonds is 15. The summed E-state index contributed by atoms with van der Waals surface area (Å²) in [6.07, 6.45) is 6.72. The molecule has 2 aliphatic heterocycles. The van der Waals surface area contributed by atoms with E-state index in [0.29, 0.717) is 56.0 Å². The average Bonchev–Trinajstić information content (AvgIpc) is 3.60. The zero-order chi connectivity index (χ0) is 28.5. The normalized spacial score (nSPS) is 18.1. The molecule has 0 saturated carbocycles. The van der Waals surface area contributed by atoms with Crippen molar-refractivity contribution in [2.75, 3.05) is 32.8 Å². The highest BCUT2D eigenvalue weighted by molar-refractivity contribution is 7.18. The molecular formula is C31H42ClN3O4S. The van der Waals surface area contributed by atoms with Crippen molar-refractivity contribution in [3.05, 3.63) is 40.4 Å². The summed E-state index contributed by atoms with van der Waals surface area (Å²) in [7, 11) is 0. The third-order valence-corrected chi connectivity index (χ3v) is 9.32. The number of carbonyl (C=O) groups is 3. The molecule has 0 bridgehead atoms. The number of aromatic nitrogens is 1. The van der Waals surface area contributed by atoms with Crippen LogP contribution in [0.3, 0.4) is 0 Å². The Bertz CT molecular complexity index is 1190. The molecule has 1 aromatic carbocycles. The van der Waals surface area contributed by atoms with Crippen LogP contribution in [0.4, 0.5) is 0 Å².